The summed E-state index contributed by atoms with van der Waals surface area (Å²) in [5.74, 6) is 0. The highest BCUT2D eigenvalue weighted by Crippen LogP contribution is 2.54. The molecule has 0 aliphatic carbocycles. The predicted molar refractivity (Wildman–Crippen MR) is 86.6 cm³/mol. The first-order valence-corrected chi connectivity index (χ1v) is 18.7. The molecule has 1 nitrogen and oxygen atoms in total. The summed E-state index contributed by atoms with van der Waals surface area (Å²) >= 11 is 0. The average Bonchev–Trinajstić information content (AvgIpc) is 1.71. The van der Waals surface area contributed by atoms with Crippen LogP contribution < -0.4 is 0 Å². The van der Waals surface area contributed by atoms with E-state index < -0.39 is 33.3 Å². The molecule has 1 radical (unpaired) electrons. The molecule has 0 aliphatic rings. The van der Waals surface area contributed by atoms with Crippen LogP contribution in [-0.2, 0) is 0 Å². The van der Waals surface area contributed by atoms with Gasteiger partial charge in [-0.25, -0.2) is 0 Å². The minimum atomic E-state index is -2.10. The second-order valence-electron chi connectivity index (χ2n) is 7.81. The van der Waals surface area contributed by atoms with Gasteiger partial charge in [-0.2, -0.15) is 0 Å². The molecule has 0 saturated carbocycles. The second-order valence-corrected chi connectivity index (χ2v) is 27.9. The lowest BCUT2D eigenvalue weighted by atomic mass is 11.6. The highest BCUT2D eigenvalue weighted by molar-refractivity contribution is 7.24. The minimum absolute atomic E-state index is 0.387. The second kappa shape index (κ2) is 4.49. The van der Waals surface area contributed by atoms with Crippen LogP contribution in [0.25, 0.3) is 0 Å². The molecule has 0 aromatic heterocycles. The molecule has 1 N–H and O–H groups in total. The molecule has 0 spiro atoms. The van der Waals surface area contributed by atoms with E-state index in [1.54, 1.807) is 0 Å². The summed E-state index contributed by atoms with van der Waals surface area (Å²) in [5, 5.41) is 0. The van der Waals surface area contributed by atoms with Crippen molar-refractivity contribution in [2.24, 2.45) is 0 Å². The normalized spacial score (nSPS) is 15.8. The molecule has 16 heavy (non-hydrogen) atoms. The van der Waals surface area contributed by atoms with Crippen LogP contribution in [0.5, 0.6) is 0 Å². The molecule has 97 valence electrons. The Hall–Kier alpha value is 0.828. The van der Waals surface area contributed by atoms with Gasteiger partial charge in [-0.1, -0.05) is 52.4 Å². The van der Waals surface area contributed by atoms with Crippen LogP contribution in [-0.4, -0.2) is 38.1 Å². The molecule has 0 aromatic rings. The van der Waals surface area contributed by atoms with E-state index in [4.69, 9.17) is 0 Å². The van der Waals surface area contributed by atoms with E-state index in [1.807, 2.05) is 0 Å². The summed E-state index contributed by atoms with van der Waals surface area (Å²) in [7, 11) is -5.28. The highest BCUT2D eigenvalue weighted by Gasteiger charge is 2.63. The zero-order chi connectivity index (χ0) is 13.6. The number of hydrogen-bond donors (Lipinski definition) is 1. The Labute approximate surface area is 107 Å². The Bertz CT molecular complexity index is 206. The topological polar surface area (TPSA) is 20.2 Å². The van der Waals surface area contributed by atoms with Crippen LogP contribution in [0.4, 0.5) is 0 Å². The van der Waals surface area contributed by atoms with Gasteiger partial charge < -0.3 is 4.80 Å². The van der Waals surface area contributed by atoms with Crippen LogP contribution in [0.3, 0.4) is 0 Å². The summed E-state index contributed by atoms with van der Waals surface area (Å²) in [5.41, 5.74) is 0. The monoisotopic (exact) mass is 291 g/mol. The van der Waals surface area contributed by atoms with E-state index in [-0.39, 0.29) is 0 Å². The van der Waals surface area contributed by atoms with Gasteiger partial charge in [0, 0.05) is 24.9 Å². The Morgan fingerprint density at radius 3 is 1.00 bits per heavy atom. The molecule has 0 aromatic carbocycles. The van der Waals surface area contributed by atoms with E-state index in [0.29, 0.717) is 3.91 Å². The van der Waals surface area contributed by atoms with Crippen LogP contribution >= 0.6 is 0 Å². The molecule has 5 heteroatoms. The maximum atomic E-state index is 11.0. The third-order valence-corrected chi connectivity index (χ3v) is 35.3. The molecule has 0 atom stereocenters. The maximum absolute atomic E-state index is 11.0. The lowest BCUT2D eigenvalue weighted by Gasteiger charge is -2.59. The fraction of sp³-hybridized carbons (Fsp3) is 1.00. The number of rotatable bonds is 4. The van der Waals surface area contributed by atoms with Crippen molar-refractivity contribution >= 4 is 33.3 Å². The zero-order valence-electron chi connectivity index (χ0n) is 12.9. The zero-order valence-corrected chi connectivity index (χ0v) is 16.9. The van der Waals surface area contributed by atoms with Crippen molar-refractivity contribution < 1.29 is 4.80 Å². The van der Waals surface area contributed by atoms with Crippen molar-refractivity contribution in [2.45, 2.75) is 69.4 Å². The summed E-state index contributed by atoms with van der Waals surface area (Å²) in [6, 6.07) is 0. The van der Waals surface area contributed by atoms with Gasteiger partial charge in [0.05, 0.1) is 0 Å². The van der Waals surface area contributed by atoms with Crippen molar-refractivity contribution in [3.63, 3.8) is 0 Å². The fourth-order valence-electron chi connectivity index (χ4n) is 5.07. The van der Waals surface area contributed by atoms with Crippen molar-refractivity contribution in [2.75, 3.05) is 0 Å². The first-order valence-electron chi connectivity index (χ1n) is 6.22. The van der Waals surface area contributed by atoms with E-state index in [9.17, 15) is 4.80 Å². The number of hydrogen-bond acceptors (Lipinski definition) is 1. The first-order chi connectivity index (χ1) is 6.69. The van der Waals surface area contributed by atoms with Crippen LogP contribution in [0, 0.1) is 0 Å². The largest absolute Gasteiger partial charge is 0.433 e. The Morgan fingerprint density at radius 1 is 0.750 bits per heavy atom. The molecule has 0 amide bonds. The summed E-state index contributed by atoms with van der Waals surface area (Å²) in [4.78, 5) is 11.0. The molecule has 0 rings (SSSR count). The van der Waals surface area contributed by atoms with Gasteiger partial charge >= 0.3 is 0 Å². The minimum Gasteiger partial charge on any atom is -0.433 e. The average molecular weight is 292 g/mol. The molecular weight excluding hydrogens is 260 g/mol. The molecule has 0 saturated heterocycles. The van der Waals surface area contributed by atoms with Gasteiger partial charge in [-0.15, -0.1) is 0 Å². The lowest BCUT2D eigenvalue weighted by molar-refractivity contribution is 0.544. The summed E-state index contributed by atoms with van der Waals surface area (Å²) in [6.45, 7) is 24.1. The van der Waals surface area contributed by atoms with E-state index >= 15 is 0 Å². The van der Waals surface area contributed by atoms with Crippen molar-refractivity contribution in [1.82, 2.24) is 0 Å². The molecule has 0 bridgehead atoms. The Morgan fingerprint density at radius 2 is 1.00 bits per heavy atom. The third kappa shape index (κ3) is 2.48. The van der Waals surface area contributed by atoms with E-state index in [1.165, 1.54) is 0 Å². The van der Waals surface area contributed by atoms with Gasteiger partial charge in [0.25, 0.3) is 0 Å². The van der Waals surface area contributed by atoms with Crippen molar-refractivity contribution in [3.05, 3.63) is 0 Å². The summed E-state index contributed by atoms with van der Waals surface area (Å²) in [6.07, 6.45) is 0. The molecule has 0 heterocycles. The van der Waals surface area contributed by atoms with Crippen LogP contribution in [0.1, 0.15) is 0 Å². The molecule has 0 aliphatic heterocycles. The third-order valence-electron chi connectivity index (χ3n) is 3.92. The van der Waals surface area contributed by atoms with Crippen molar-refractivity contribution in [3.8, 4) is 0 Å². The quantitative estimate of drug-likeness (QED) is 0.777. The smallest absolute Gasteiger partial charge is 0.180 e. The standard InChI is InChI=1S/C11H31OSi4/c1-13(2)11(14(3,4)5,15(6,7)8)16(9,10)12/h12H,1-10H3. The molecule has 0 fully saturated rings. The maximum Gasteiger partial charge on any atom is 0.180 e. The molecular formula is C11H31OSi4. The van der Waals surface area contributed by atoms with Crippen LogP contribution in [0.15, 0.2) is 0 Å². The predicted octanol–water partition coefficient (Wildman–Crippen LogP) is 3.97. The molecule has 0 unspecified atom stereocenters. The van der Waals surface area contributed by atoms with E-state index in [0.717, 1.165) is 0 Å². The Balaban J connectivity index is 6.05. The van der Waals surface area contributed by atoms with Crippen molar-refractivity contribution in [1.29, 1.82) is 0 Å². The van der Waals surface area contributed by atoms with Gasteiger partial charge in [0.15, 0.2) is 8.32 Å². The first kappa shape index (κ1) is 16.8. The van der Waals surface area contributed by atoms with E-state index in [2.05, 4.69) is 65.5 Å². The lowest BCUT2D eigenvalue weighted by Crippen LogP contribution is -2.72. The summed E-state index contributed by atoms with van der Waals surface area (Å²) < 4.78 is 0.387. The van der Waals surface area contributed by atoms with Gasteiger partial charge in [-0.05, 0) is 17.0 Å². The SMILES string of the molecule is C[Si](C)C([Si](C)(C)C)([Si](C)(C)C)[Si](C)(C)O. The fourth-order valence-corrected chi connectivity index (χ4v) is 45.6. The van der Waals surface area contributed by atoms with Gasteiger partial charge in [0.1, 0.15) is 0 Å². The van der Waals surface area contributed by atoms with Gasteiger partial charge in [-0.3, -0.25) is 0 Å². The Kier molecular flexibility index (Phi) is 4.73. The highest BCUT2D eigenvalue weighted by atomic mass is 28.5. The van der Waals surface area contributed by atoms with Crippen LogP contribution in [0.2, 0.25) is 69.4 Å². The van der Waals surface area contributed by atoms with Gasteiger partial charge in [0.2, 0.25) is 0 Å².